The van der Waals surface area contributed by atoms with Crippen molar-refractivity contribution < 1.29 is 19.2 Å². The summed E-state index contributed by atoms with van der Waals surface area (Å²) in [6, 6.07) is 13.3. The first-order chi connectivity index (χ1) is 15.0. The molecule has 0 aliphatic rings. The van der Waals surface area contributed by atoms with Gasteiger partial charge in [-0.25, -0.2) is 5.43 Å². The zero-order valence-corrected chi connectivity index (χ0v) is 17.0. The molecule has 1 N–H and O–H groups in total. The Morgan fingerprint density at radius 1 is 1.29 bits per heavy atom. The smallest absolute Gasteiger partial charge is 0.307 e. The summed E-state index contributed by atoms with van der Waals surface area (Å²) >= 11 is 0. The van der Waals surface area contributed by atoms with Crippen LogP contribution >= 0.6 is 0 Å². The number of nitro groups is 1. The van der Waals surface area contributed by atoms with E-state index >= 15 is 0 Å². The molecule has 31 heavy (non-hydrogen) atoms. The van der Waals surface area contributed by atoms with E-state index in [0.717, 1.165) is 22.0 Å². The van der Waals surface area contributed by atoms with Crippen LogP contribution < -0.4 is 14.9 Å². The average Bonchev–Trinajstić information content (AvgIpc) is 3.22. The fraction of sp³-hybridized carbons (Fsp3) is 0.190. The first-order valence-electron chi connectivity index (χ1n) is 9.30. The van der Waals surface area contributed by atoms with Crippen LogP contribution in [-0.2, 0) is 17.9 Å². The highest BCUT2D eigenvalue weighted by atomic mass is 16.6. The third-order valence-electron chi connectivity index (χ3n) is 4.37. The molecule has 1 aromatic heterocycles. The number of aromatic nitrogens is 2. The van der Waals surface area contributed by atoms with E-state index in [-0.39, 0.29) is 12.2 Å². The molecule has 0 saturated carbocycles. The number of methoxy groups -OCH3 is 1. The highest BCUT2D eigenvalue weighted by molar-refractivity contribution is 5.83. The van der Waals surface area contributed by atoms with Gasteiger partial charge in [-0.3, -0.25) is 19.6 Å². The van der Waals surface area contributed by atoms with E-state index in [0.29, 0.717) is 23.7 Å². The summed E-state index contributed by atoms with van der Waals surface area (Å²) in [4.78, 5) is 22.0. The van der Waals surface area contributed by atoms with Crippen molar-refractivity contribution in [3.05, 3.63) is 81.7 Å². The zero-order chi connectivity index (χ0) is 22.2. The van der Waals surface area contributed by atoms with Gasteiger partial charge in [-0.1, -0.05) is 24.3 Å². The minimum Gasteiger partial charge on any atom is -0.493 e. The van der Waals surface area contributed by atoms with Crippen molar-refractivity contribution in [2.24, 2.45) is 5.10 Å². The average molecular weight is 423 g/mol. The number of hydrogen-bond acceptors (Lipinski definition) is 7. The predicted octanol–water partition coefficient (Wildman–Crippen LogP) is 2.84. The topological polar surface area (TPSA) is 121 Å². The van der Waals surface area contributed by atoms with Crippen LogP contribution in [0.25, 0.3) is 0 Å². The molecule has 0 spiro atoms. The molecule has 10 heteroatoms. The Balaban J connectivity index is 1.57. The standard InChI is InChI=1S/C21H21N5O5/c1-15-5-3-4-6-17(15)14-31-19-8-7-16(9-20(19)30-2)10-22-24-21(27)13-25-12-18(11-23-25)26(28)29/h3-12H,13-14H2,1-2H3,(H,24,27)/b22-10+. The number of carbonyl (C=O) groups is 1. The molecule has 0 fully saturated rings. The molecule has 0 saturated heterocycles. The number of carbonyl (C=O) groups excluding carboxylic acids is 1. The van der Waals surface area contributed by atoms with Gasteiger partial charge < -0.3 is 9.47 Å². The second kappa shape index (κ2) is 10.0. The van der Waals surface area contributed by atoms with Crippen molar-refractivity contribution in [1.82, 2.24) is 15.2 Å². The van der Waals surface area contributed by atoms with E-state index in [1.165, 1.54) is 12.4 Å². The van der Waals surface area contributed by atoms with Crippen molar-refractivity contribution in [1.29, 1.82) is 0 Å². The minimum atomic E-state index is -0.582. The summed E-state index contributed by atoms with van der Waals surface area (Å²) in [7, 11) is 1.54. The van der Waals surface area contributed by atoms with Gasteiger partial charge in [0.25, 0.3) is 5.91 Å². The summed E-state index contributed by atoms with van der Waals surface area (Å²) in [6.07, 6.45) is 3.70. The van der Waals surface area contributed by atoms with Crippen molar-refractivity contribution in [2.45, 2.75) is 20.1 Å². The van der Waals surface area contributed by atoms with Crippen molar-refractivity contribution in [2.75, 3.05) is 7.11 Å². The van der Waals surface area contributed by atoms with E-state index < -0.39 is 10.8 Å². The molecule has 0 aliphatic heterocycles. The Kier molecular flexibility index (Phi) is 6.94. The molecule has 1 heterocycles. The van der Waals surface area contributed by atoms with Crippen LogP contribution in [0.1, 0.15) is 16.7 Å². The molecule has 0 unspecified atom stereocenters. The molecule has 10 nitrogen and oxygen atoms in total. The van der Waals surface area contributed by atoms with Crippen LogP contribution in [0.5, 0.6) is 11.5 Å². The van der Waals surface area contributed by atoms with Gasteiger partial charge in [0.05, 0.1) is 18.2 Å². The maximum absolute atomic E-state index is 11.9. The number of benzene rings is 2. The molecule has 0 radical (unpaired) electrons. The molecule has 1 amide bonds. The van der Waals surface area contributed by atoms with Gasteiger partial charge in [0, 0.05) is 0 Å². The van der Waals surface area contributed by atoms with Gasteiger partial charge >= 0.3 is 5.69 Å². The SMILES string of the molecule is COc1cc(/C=N/NC(=O)Cn2cc([N+](=O)[O-])cn2)ccc1OCc1ccccc1C. The first kappa shape index (κ1) is 21.5. The van der Waals surface area contributed by atoms with Crippen LogP contribution in [0.4, 0.5) is 5.69 Å². The molecule has 0 aliphatic carbocycles. The Morgan fingerprint density at radius 2 is 2.10 bits per heavy atom. The second-order valence-electron chi connectivity index (χ2n) is 6.57. The van der Waals surface area contributed by atoms with Crippen LogP contribution in [0.15, 0.2) is 60.0 Å². The van der Waals surface area contributed by atoms with Crippen LogP contribution in [0, 0.1) is 17.0 Å². The fourth-order valence-electron chi connectivity index (χ4n) is 2.71. The van der Waals surface area contributed by atoms with Gasteiger partial charge in [-0.15, -0.1) is 0 Å². The zero-order valence-electron chi connectivity index (χ0n) is 17.0. The molecule has 3 aromatic rings. The van der Waals surface area contributed by atoms with Crippen LogP contribution in [-0.4, -0.2) is 33.9 Å². The summed E-state index contributed by atoms with van der Waals surface area (Å²) in [5.74, 6) is 0.652. The minimum absolute atomic E-state index is 0.187. The van der Waals surface area contributed by atoms with Crippen molar-refractivity contribution in [3.63, 3.8) is 0 Å². The number of rotatable bonds is 9. The van der Waals surface area contributed by atoms with E-state index in [1.54, 1.807) is 25.3 Å². The lowest BCUT2D eigenvalue weighted by atomic mass is 10.1. The molecule has 0 bridgehead atoms. The molecule has 0 atom stereocenters. The van der Waals surface area contributed by atoms with E-state index in [2.05, 4.69) is 15.6 Å². The van der Waals surface area contributed by atoms with Crippen molar-refractivity contribution in [3.8, 4) is 11.5 Å². The third-order valence-corrected chi connectivity index (χ3v) is 4.37. The largest absolute Gasteiger partial charge is 0.493 e. The second-order valence-corrected chi connectivity index (χ2v) is 6.57. The summed E-state index contributed by atoms with van der Waals surface area (Å²) in [5.41, 5.74) is 5.08. The van der Waals surface area contributed by atoms with Crippen LogP contribution in [0.2, 0.25) is 0 Å². The number of nitrogens with one attached hydrogen (secondary N) is 1. The number of hydrazone groups is 1. The lowest BCUT2D eigenvalue weighted by Crippen LogP contribution is -2.23. The maximum atomic E-state index is 11.9. The number of aryl methyl sites for hydroxylation is 1. The molecular formula is C21H21N5O5. The third kappa shape index (κ3) is 5.89. The van der Waals surface area contributed by atoms with E-state index in [1.807, 2.05) is 31.2 Å². The first-order valence-corrected chi connectivity index (χ1v) is 9.30. The highest BCUT2D eigenvalue weighted by Gasteiger charge is 2.11. The molecule has 3 rings (SSSR count). The quantitative estimate of drug-likeness (QED) is 0.321. The highest BCUT2D eigenvalue weighted by Crippen LogP contribution is 2.28. The van der Waals surface area contributed by atoms with Crippen molar-refractivity contribution >= 4 is 17.8 Å². The van der Waals surface area contributed by atoms with Gasteiger partial charge in [-0.2, -0.15) is 10.2 Å². The van der Waals surface area contributed by atoms with E-state index in [4.69, 9.17) is 9.47 Å². The normalized spacial score (nSPS) is 10.8. The van der Waals surface area contributed by atoms with Gasteiger partial charge in [0.2, 0.25) is 0 Å². The number of amides is 1. The van der Waals surface area contributed by atoms with Gasteiger partial charge in [-0.05, 0) is 41.8 Å². The molecule has 160 valence electrons. The number of hydrogen-bond donors (Lipinski definition) is 1. The van der Waals surface area contributed by atoms with Gasteiger partial charge in [0.15, 0.2) is 11.5 Å². The number of nitrogens with zero attached hydrogens (tertiary/aromatic N) is 4. The molecular weight excluding hydrogens is 402 g/mol. The summed E-state index contributed by atoms with van der Waals surface area (Å²) in [6.45, 7) is 2.25. The maximum Gasteiger partial charge on any atom is 0.307 e. The lowest BCUT2D eigenvalue weighted by Gasteiger charge is -2.12. The Hall–Kier alpha value is -4.21. The summed E-state index contributed by atoms with van der Waals surface area (Å²) < 4.78 is 12.4. The Labute approximate surface area is 178 Å². The fourth-order valence-corrected chi connectivity index (χ4v) is 2.71. The Morgan fingerprint density at radius 3 is 2.81 bits per heavy atom. The summed E-state index contributed by atoms with van der Waals surface area (Å²) in [5, 5.41) is 18.3. The lowest BCUT2D eigenvalue weighted by molar-refractivity contribution is -0.385. The van der Waals surface area contributed by atoms with E-state index in [9.17, 15) is 14.9 Å². The predicted molar refractivity (Wildman–Crippen MR) is 113 cm³/mol. The van der Waals surface area contributed by atoms with Crippen LogP contribution in [0.3, 0.4) is 0 Å². The molecule has 2 aromatic carbocycles. The van der Waals surface area contributed by atoms with Gasteiger partial charge in [0.1, 0.15) is 25.5 Å². The number of ether oxygens (including phenoxy) is 2. The Bertz CT molecular complexity index is 1110. The monoisotopic (exact) mass is 423 g/mol.